The Labute approximate surface area is 124 Å². The van der Waals surface area contributed by atoms with E-state index in [0.717, 1.165) is 5.69 Å². The average Bonchev–Trinajstić information content (AvgIpc) is 2.79. The molecule has 2 atom stereocenters. The first kappa shape index (κ1) is 15.3. The van der Waals surface area contributed by atoms with E-state index in [1.165, 1.54) is 31.4 Å². The van der Waals surface area contributed by atoms with Crippen LogP contribution < -0.4 is 0 Å². The van der Waals surface area contributed by atoms with Crippen LogP contribution in [0.15, 0.2) is 29.3 Å². The Morgan fingerprint density at radius 3 is 1.85 bits per heavy atom. The highest BCUT2D eigenvalue weighted by molar-refractivity contribution is 5.34. The van der Waals surface area contributed by atoms with Gasteiger partial charge in [0.2, 0.25) is 0 Å². The van der Waals surface area contributed by atoms with E-state index in [1.54, 1.807) is 11.1 Å². The fourth-order valence-corrected chi connectivity index (χ4v) is 4.33. The van der Waals surface area contributed by atoms with Crippen molar-refractivity contribution in [3.8, 4) is 0 Å². The van der Waals surface area contributed by atoms with Gasteiger partial charge in [-0.2, -0.15) is 0 Å². The highest BCUT2D eigenvalue weighted by atomic mass is 14.7. The molecular formula is C19H29N. The number of aromatic nitrogens is 1. The smallest absolute Gasteiger partial charge is 0.0449 e. The van der Waals surface area contributed by atoms with E-state index in [1.807, 2.05) is 0 Å². The van der Waals surface area contributed by atoms with Gasteiger partial charge in [0.15, 0.2) is 0 Å². The zero-order valence-electron chi connectivity index (χ0n) is 13.7. The topological polar surface area (TPSA) is 12.9 Å². The second-order valence-corrected chi connectivity index (χ2v) is 6.02. The Bertz CT molecular complexity index is 464. The first-order valence-corrected chi connectivity index (χ1v) is 8.33. The third kappa shape index (κ3) is 2.55. The van der Waals surface area contributed by atoms with Crippen LogP contribution in [-0.4, -0.2) is 4.98 Å². The van der Waals surface area contributed by atoms with Gasteiger partial charge in [-0.1, -0.05) is 44.9 Å². The van der Waals surface area contributed by atoms with Gasteiger partial charge in [0.25, 0.3) is 0 Å². The molecule has 0 saturated carbocycles. The molecule has 2 unspecified atom stereocenters. The summed E-state index contributed by atoms with van der Waals surface area (Å²) in [7, 11) is 0. The molecule has 2 rings (SSSR count). The fraction of sp³-hybridized carbons (Fsp3) is 0.632. The second kappa shape index (κ2) is 6.56. The molecule has 0 radical (unpaired) electrons. The van der Waals surface area contributed by atoms with Gasteiger partial charge in [0.1, 0.15) is 0 Å². The minimum Gasteiger partial charge on any atom is -0.258 e. The minimum atomic E-state index is 0.606. The molecule has 1 heterocycles. The lowest BCUT2D eigenvalue weighted by molar-refractivity contribution is 0.391. The van der Waals surface area contributed by atoms with Crippen LogP contribution >= 0.6 is 0 Å². The molecule has 1 nitrogen and oxygen atoms in total. The first-order valence-electron chi connectivity index (χ1n) is 8.33. The molecule has 20 heavy (non-hydrogen) atoms. The minimum absolute atomic E-state index is 0.606. The quantitative estimate of drug-likeness (QED) is 0.630. The lowest BCUT2D eigenvalue weighted by Crippen LogP contribution is -2.17. The largest absolute Gasteiger partial charge is 0.258 e. The monoisotopic (exact) mass is 271 g/mol. The molecule has 110 valence electrons. The summed E-state index contributed by atoms with van der Waals surface area (Å²) in [5.74, 6) is 2.01. The van der Waals surface area contributed by atoms with E-state index in [0.29, 0.717) is 17.8 Å². The molecule has 1 aliphatic rings. The molecule has 0 aromatic carbocycles. The summed E-state index contributed by atoms with van der Waals surface area (Å²) in [6.45, 7) is 11.4. The maximum atomic E-state index is 4.86. The SMILES string of the molecule is CCC1=C(CC)C(CC)C(c2cccc(C)n2)C1CC. The summed E-state index contributed by atoms with van der Waals surface area (Å²) < 4.78 is 0. The Morgan fingerprint density at radius 1 is 0.900 bits per heavy atom. The number of allylic oxidation sites excluding steroid dienone is 2. The van der Waals surface area contributed by atoms with Crippen molar-refractivity contribution >= 4 is 0 Å². The van der Waals surface area contributed by atoms with Crippen LogP contribution in [0.2, 0.25) is 0 Å². The van der Waals surface area contributed by atoms with Crippen LogP contribution in [0.1, 0.15) is 70.7 Å². The molecule has 0 N–H and O–H groups in total. The predicted molar refractivity (Wildman–Crippen MR) is 86.9 cm³/mol. The number of pyridine rings is 1. The van der Waals surface area contributed by atoms with Crippen molar-refractivity contribution in [1.82, 2.24) is 4.98 Å². The number of hydrogen-bond acceptors (Lipinski definition) is 1. The Balaban J connectivity index is 2.47. The molecule has 1 heteroatoms. The van der Waals surface area contributed by atoms with Gasteiger partial charge < -0.3 is 0 Å². The zero-order valence-corrected chi connectivity index (χ0v) is 13.7. The van der Waals surface area contributed by atoms with Crippen LogP contribution in [0.5, 0.6) is 0 Å². The van der Waals surface area contributed by atoms with Gasteiger partial charge in [-0.15, -0.1) is 0 Å². The van der Waals surface area contributed by atoms with Gasteiger partial charge in [-0.3, -0.25) is 4.98 Å². The summed E-state index contributed by atoms with van der Waals surface area (Å²) in [6, 6.07) is 6.52. The Kier molecular flexibility index (Phi) is 5.01. The van der Waals surface area contributed by atoms with Crippen molar-refractivity contribution in [1.29, 1.82) is 0 Å². The van der Waals surface area contributed by atoms with E-state index in [4.69, 9.17) is 4.98 Å². The Morgan fingerprint density at radius 2 is 1.45 bits per heavy atom. The van der Waals surface area contributed by atoms with Gasteiger partial charge in [0, 0.05) is 17.3 Å². The lowest BCUT2D eigenvalue weighted by atomic mass is 9.79. The van der Waals surface area contributed by atoms with Crippen molar-refractivity contribution in [3.05, 3.63) is 40.7 Å². The summed E-state index contributed by atoms with van der Waals surface area (Å²) >= 11 is 0. The molecular weight excluding hydrogens is 242 g/mol. The molecule has 0 saturated heterocycles. The van der Waals surface area contributed by atoms with Gasteiger partial charge in [-0.25, -0.2) is 0 Å². The van der Waals surface area contributed by atoms with Crippen molar-refractivity contribution in [3.63, 3.8) is 0 Å². The third-order valence-corrected chi connectivity index (χ3v) is 5.07. The number of nitrogens with zero attached hydrogens (tertiary/aromatic N) is 1. The molecule has 1 aromatic rings. The van der Waals surface area contributed by atoms with Crippen LogP contribution in [0, 0.1) is 18.8 Å². The van der Waals surface area contributed by atoms with Crippen LogP contribution in [0.25, 0.3) is 0 Å². The summed E-state index contributed by atoms with van der Waals surface area (Å²) in [5.41, 5.74) is 5.93. The zero-order chi connectivity index (χ0) is 14.7. The van der Waals surface area contributed by atoms with Crippen LogP contribution in [0.3, 0.4) is 0 Å². The summed E-state index contributed by atoms with van der Waals surface area (Å²) in [6.07, 6.45) is 4.90. The third-order valence-electron chi connectivity index (χ3n) is 5.07. The van der Waals surface area contributed by atoms with Crippen molar-refractivity contribution < 1.29 is 0 Å². The van der Waals surface area contributed by atoms with Crippen molar-refractivity contribution in [2.45, 2.75) is 66.2 Å². The van der Waals surface area contributed by atoms with E-state index in [-0.39, 0.29) is 0 Å². The lowest BCUT2D eigenvalue weighted by Gasteiger charge is -2.26. The first-order chi connectivity index (χ1) is 9.67. The Hall–Kier alpha value is -1.11. The van der Waals surface area contributed by atoms with Crippen molar-refractivity contribution in [2.24, 2.45) is 11.8 Å². The van der Waals surface area contributed by atoms with Gasteiger partial charge in [0.05, 0.1) is 0 Å². The second-order valence-electron chi connectivity index (χ2n) is 6.02. The molecule has 0 fully saturated rings. The molecule has 0 bridgehead atoms. The summed E-state index contributed by atoms with van der Waals surface area (Å²) in [5, 5.41) is 0. The van der Waals surface area contributed by atoms with E-state index in [2.05, 4.69) is 52.8 Å². The molecule has 1 aromatic heterocycles. The molecule has 1 aliphatic carbocycles. The standard InChI is InChI=1S/C19H29N/c1-6-14-15(7-2)17(9-4)19(16(14)8-3)18-12-10-11-13(5)20-18/h10-12,16-17,19H,6-9H2,1-5H3. The predicted octanol–water partition coefficient (Wildman–Crippen LogP) is 5.66. The van der Waals surface area contributed by atoms with Crippen LogP contribution in [0.4, 0.5) is 0 Å². The van der Waals surface area contributed by atoms with Crippen LogP contribution in [-0.2, 0) is 0 Å². The number of hydrogen-bond donors (Lipinski definition) is 0. The number of rotatable bonds is 5. The van der Waals surface area contributed by atoms with Gasteiger partial charge in [-0.05, 0) is 56.6 Å². The van der Waals surface area contributed by atoms with E-state index in [9.17, 15) is 0 Å². The molecule has 0 amide bonds. The fourth-order valence-electron chi connectivity index (χ4n) is 4.33. The van der Waals surface area contributed by atoms with Gasteiger partial charge >= 0.3 is 0 Å². The summed E-state index contributed by atoms with van der Waals surface area (Å²) in [4.78, 5) is 4.86. The van der Waals surface area contributed by atoms with E-state index >= 15 is 0 Å². The number of aryl methyl sites for hydroxylation is 1. The van der Waals surface area contributed by atoms with Crippen molar-refractivity contribution in [2.75, 3.05) is 0 Å². The van der Waals surface area contributed by atoms with E-state index < -0.39 is 0 Å². The normalized spacial score (nSPS) is 26.4. The highest BCUT2D eigenvalue weighted by Crippen LogP contribution is 2.52. The average molecular weight is 271 g/mol. The molecule has 0 aliphatic heterocycles. The maximum absolute atomic E-state index is 4.86. The maximum Gasteiger partial charge on any atom is 0.0449 e. The highest BCUT2D eigenvalue weighted by Gasteiger charge is 2.40. The molecule has 0 spiro atoms.